The van der Waals surface area contributed by atoms with Gasteiger partial charge in [-0.05, 0) is 36.2 Å². The standard InChI is InChI=1S/C24H20FN3O/c25-19-10-6-7-17(15-19)13-14-26-24(29)21-12-5-4-11-20(21)23-16-22(27-28-23)18-8-2-1-3-9-18/h1-12,15-16H,13-14H2,(H,26,29)(H,27,28). The van der Waals surface area contributed by atoms with Crippen molar-refractivity contribution in [1.82, 2.24) is 15.5 Å². The van der Waals surface area contributed by atoms with E-state index in [1.807, 2.05) is 60.7 Å². The van der Waals surface area contributed by atoms with Crippen molar-refractivity contribution in [3.05, 3.63) is 102 Å². The van der Waals surface area contributed by atoms with Crippen LogP contribution in [0.3, 0.4) is 0 Å². The Morgan fingerprint density at radius 2 is 1.72 bits per heavy atom. The molecular weight excluding hydrogens is 365 g/mol. The highest BCUT2D eigenvalue weighted by atomic mass is 19.1. The molecule has 0 saturated heterocycles. The monoisotopic (exact) mass is 385 g/mol. The Bertz CT molecular complexity index is 1120. The van der Waals surface area contributed by atoms with Crippen molar-refractivity contribution in [3.63, 3.8) is 0 Å². The molecule has 3 aromatic carbocycles. The summed E-state index contributed by atoms with van der Waals surface area (Å²) in [5, 5.41) is 10.3. The average molecular weight is 385 g/mol. The predicted octanol–water partition coefficient (Wildman–Crippen LogP) is 4.86. The Kier molecular flexibility index (Phi) is 5.47. The van der Waals surface area contributed by atoms with Crippen LogP contribution in [0.1, 0.15) is 15.9 Å². The van der Waals surface area contributed by atoms with Gasteiger partial charge in [0.05, 0.1) is 11.4 Å². The highest BCUT2D eigenvalue weighted by Crippen LogP contribution is 2.26. The van der Waals surface area contributed by atoms with Crippen LogP contribution in [0.15, 0.2) is 84.9 Å². The van der Waals surface area contributed by atoms with Gasteiger partial charge in [-0.25, -0.2) is 4.39 Å². The highest BCUT2D eigenvalue weighted by molar-refractivity contribution is 6.00. The number of aromatic nitrogens is 2. The zero-order valence-electron chi connectivity index (χ0n) is 15.7. The molecule has 0 aliphatic carbocycles. The molecule has 0 radical (unpaired) electrons. The van der Waals surface area contributed by atoms with Gasteiger partial charge in [-0.15, -0.1) is 0 Å². The lowest BCUT2D eigenvalue weighted by atomic mass is 10.0. The van der Waals surface area contributed by atoms with Crippen molar-refractivity contribution >= 4 is 5.91 Å². The fourth-order valence-electron chi connectivity index (χ4n) is 3.24. The van der Waals surface area contributed by atoms with Gasteiger partial charge >= 0.3 is 0 Å². The molecule has 0 aliphatic rings. The van der Waals surface area contributed by atoms with Gasteiger partial charge in [-0.2, -0.15) is 5.10 Å². The molecular formula is C24H20FN3O. The topological polar surface area (TPSA) is 57.8 Å². The Labute approximate surface area is 168 Å². The number of carbonyl (C=O) groups excluding carboxylic acids is 1. The predicted molar refractivity (Wildman–Crippen MR) is 112 cm³/mol. The van der Waals surface area contributed by atoms with Crippen LogP contribution in [-0.4, -0.2) is 22.6 Å². The summed E-state index contributed by atoms with van der Waals surface area (Å²) >= 11 is 0. The number of hydrogen-bond donors (Lipinski definition) is 2. The number of rotatable bonds is 6. The van der Waals surface area contributed by atoms with Crippen molar-refractivity contribution in [2.75, 3.05) is 6.54 Å². The van der Waals surface area contributed by atoms with Crippen molar-refractivity contribution in [1.29, 1.82) is 0 Å². The Hall–Kier alpha value is -3.73. The van der Waals surface area contributed by atoms with E-state index < -0.39 is 0 Å². The Morgan fingerprint density at radius 3 is 2.55 bits per heavy atom. The van der Waals surface area contributed by atoms with Crippen molar-refractivity contribution < 1.29 is 9.18 Å². The number of carbonyl (C=O) groups is 1. The number of aromatic amines is 1. The van der Waals surface area contributed by atoms with Gasteiger partial charge in [-0.3, -0.25) is 9.89 Å². The number of amides is 1. The van der Waals surface area contributed by atoms with Crippen LogP contribution in [0.5, 0.6) is 0 Å². The van der Waals surface area contributed by atoms with Gasteiger partial charge in [0.15, 0.2) is 0 Å². The molecule has 0 bridgehead atoms. The molecule has 1 heterocycles. The molecule has 1 aromatic heterocycles. The van der Waals surface area contributed by atoms with Crippen molar-refractivity contribution in [2.24, 2.45) is 0 Å². The lowest BCUT2D eigenvalue weighted by Crippen LogP contribution is -2.26. The van der Waals surface area contributed by atoms with Crippen LogP contribution in [0.25, 0.3) is 22.5 Å². The van der Waals surface area contributed by atoms with Crippen LogP contribution in [0, 0.1) is 5.82 Å². The number of hydrogen-bond acceptors (Lipinski definition) is 2. The molecule has 29 heavy (non-hydrogen) atoms. The molecule has 2 N–H and O–H groups in total. The molecule has 0 spiro atoms. The quantitative estimate of drug-likeness (QED) is 0.498. The summed E-state index contributed by atoms with van der Waals surface area (Å²) in [6.07, 6.45) is 0.563. The summed E-state index contributed by atoms with van der Waals surface area (Å²) in [5.74, 6) is -0.444. The second kappa shape index (κ2) is 8.52. The number of nitrogens with zero attached hydrogens (tertiary/aromatic N) is 1. The van der Waals surface area contributed by atoms with Crippen LogP contribution in [0.2, 0.25) is 0 Å². The second-order valence-electron chi connectivity index (χ2n) is 6.71. The molecule has 4 aromatic rings. The molecule has 1 amide bonds. The first kappa shape index (κ1) is 18.6. The van der Waals surface area contributed by atoms with Gasteiger partial charge < -0.3 is 5.32 Å². The van der Waals surface area contributed by atoms with E-state index in [-0.39, 0.29) is 11.7 Å². The van der Waals surface area contributed by atoms with E-state index in [4.69, 9.17) is 0 Å². The maximum Gasteiger partial charge on any atom is 0.251 e. The summed E-state index contributed by atoms with van der Waals surface area (Å²) in [4.78, 5) is 12.8. The minimum absolute atomic E-state index is 0.173. The molecule has 0 unspecified atom stereocenters. The smallest absolute Gasteiger partial charge is 0.251 e. The van der Waals surface area contributed by atoms with Crippen LogP contribution in [0.4, 0.5) is 4.39 Å². The highest BCUT2D eigenvalue weighted by Gasteiger charge is 2.14. The third kappa shape index (κ3) is 4.41. The molecule has 0 saturated carbocycles. The lowest BCUT2D eigenvalue weighted by Gasteiger charge is -2.09. The number of benzene rings is 3. The van der Waals surface area contributed by atoms with Crippen LogP contribution in [-0.2, 0) is 6.42 Å². The first-order valence-electron chi connectivity index (χ1n) is 9.43. The average Bonchev–Trinajstić information content (AvgIpc) is 3.25. The van der Waals surface area contributed by atoms with Crippen molar-refractivity contribution in [3.8, 4) is 22.5 Å². The summed E-state index contributed by atoms with van der Waals surface area (Å²) in [6.45, 7) is 0.425. The van der Waals surface area contributed by atoms with E-state index >= 15 is 0 Å². The number of H-pyrrole nitrogens is 1. The van der Waals surface area contributed by atoms with Gasteiger partial charge in [-0.1, -0.05) is 60.7 Å². The zero-order chi connectivity index (χ0) is 20.1. The lowest BCUT2D eigenvalue weighted by molar-refractivity contribution is 0.0955. The normalized spacial score (nSPS) is 10.7. The van der Waals surface area contributed by atoms with Crippen LogP contribution >= 0.6 is 0 Å². The second-order valence-corrected chi connectivity index (χ2v) is 6.71. The minimum Gasteiger partial charge on any atom is -0.352 e. The molecule has 0 aliphatic heterocycles. The van der Waals surface area contributed by atoms with Crippen LogP contribution < -0.4 is 5.32 Å². The fourth-order valence-corrected chi connectivity index (χ4v) is 3.24. The molecule has 4 rings (SSSR count). The van der Waals surface area contributed by atoms with E-state index in [0.717, 1.165) is 28.1 Å². The SMILES string of the molecule is O=C(NCCc1cccc(F)c1)c1ccccc1-c1cc(-c2ccccc2)n[nH]1. The van der Waals surface area contributed by atoms with Gasteiger partial charge in [0.25, 0.3) is 5.91 Å². The van der Waals surface area contributed by atoms with E-state index in [1.165, 1.54) is 12.1 Å². The Morgan fingerprint density at radius 1 is 0.931 bits per heavy atom. The van der Waals surface area contributed by atoms with Gasteiger partial charge in [0.1, 0.15) is 5.82 Å². The fraction of sp³-hybridized carbons (Fsp3) is 0.0833. The minimum atomic E-state index is -0.271. The maximum absolute atomic E-state index is 13.3. The van der Waals surface area contributed by atoms with Crippen molar-refractivity contribution in [2.45, 2.75) is 6.42 Å². The third-order valence-corrected chi connectivity index (χ3v) is 4.70. The first-order chi connectivity index (χ1) is 14.2. The first-order valence-corrected chi connectivity index (χ1v) is 9.43. The number of halogens is 1. The maximum atomic E-state index is 13.3. The molecule has 4 nitrogen and oxygen atoms in total. The Balaban J connectivity index is 1.49. The van der Waals surface area contributed by atoms with Gasteiger partial charge in [0, 0.05) is 23.2 Å². The largest absolute Gasteiger partial charge is 0.352 e. The zero-order valence-corrected chi connectivity index (χ0v) is 15.7. The molecule has 0 fully saturated rings. The van der Waals surface area contributed by atoms with E-state index in [2.05, 4.69) is 15.5 Å². The van der Waals surface area contributed by atoms with E-state index in [1.54, 1.807) is 12.1 Å². The molecule has 144 valence electrons. The molecule has 5 heteroatoms. The summed E-state index contributed by atoms with van der Waals surface area (Å²) in [5.41, 5.74) is 4.80. The van der Waals surface area contributed by atoms with Gasteiger partial charge in [0.2, 0.25) is 0 Å². The summed E-state index contributed by atoms with van der Waals surface area (Å²) < 4.78 is 13.3. The molecule has 0 atom stereocenters. The third-order valence-electron chi connectivity index (χ3n) is 4.70. The summed E-state index contributed by atoms with van der Waals surface area (Å²) in [7, 11) is 0. The summed E-state index contributed by atoms with van der Waals surface area (Å²) in [6, 6.07) is 25.6. The van der Waals surface area contributed by atoms with E-state index in [0.29, 0.717) is 18.5 Å². The number of nitrogens with one attached hydrogen (secondary N) is 2. The van der Waals surface area contributed by atoms with E-state index in [9.17, 15) is 9.18 Å².